The normalized spacial score (nSPS) is 10.4. The molecule has 1 aromatic rings. The Balaban J connectivity index is 2.95. The Morgan fingerprint density at radius 1 is 1.41 bits per heavy atom. The van der Waals surface area contributed by atoms with Crippen LogP contribution < -0.4 is 10.1 Å². The first-order chi connectivity index (χ1) is 8.11. The van der Waals surface area contributed by atoms with Gasteiger partial charge in [0.15, 0.2) is 5.75 Å². The number of rotatable bonds is 5. The fraction of sp³-hybridized carbons (Fsp3) is 0.364. The molecule has 3 nitrogen and oxygen atoms in total. The molecule has 0 fully saturated rings. The van der Waals surface area contributed by atoms with Crippen LogP contribution in [0.4, 0.5) is 0 Å². The van der Waals surface area contributed by atoms with Gasteiger partial charge in [-0.05, 0) is 19.2 Å². The number of carbonyl (C=O) groups is 1. The third kappa shape index (κ3) is 3.78. The van der Waals surface area contributed by atoms with Gasteiger partial charge in [0.2, 0.25) is 5.12 Å². The SMILES string of the molecule is CNCCSC(=O)c1c(Cl)ccc(Cl)c1OC. The van der Waals surface area contributed by atoms with Crippen molar-refractivity contribution in [1.82, 2.24) is 5.32 Å². The van der Waals surface area contributed by atoms with E-state index in [1.54, 1.807) is 12.1 Å². The molecule has 0 aliphatic heterocycles. The second-order valence-corrected chi connectivity index (χ2v) is 5.06. The molecule has 0 aliphatic rings. The molecule has 1 rings (SSSR count). The third-order valence-corrected chi connectivity index (χ3v) is 3.54. The lowest BCUT2D eigenvalue weighted by Gasteiger charge is -2.10. The fourth-order valence-electron chi connectivity index (χ4n) is 1.24. The molecule has 0 spiro atoms. The van der Waals surface area contributed by atoms with Gasteiger partial charge < -0.3 is 10.1 Å². The van der Waals surface area contributed by atoms with Crippen LogP contribution in [0.2, 0.25) is 10.0 Å². The number of hydrogen-bond acceptors (Lipinski definition) is 4. The van der Waals surface area contributed by atoms with Gasteiger partial charge >= 0.3 is 0 Å². The minimum absolute atomic E-state index is 0.135. The zero-order valence-electron chi connectivity index (χ0n) is 9.55. The molecule has 0 amide bonds. The Labute approximate surface area is 115 Å². The Morgan fingerprint density at radius 2 is 2.06 bits per heavy atom. The number of ether oxygens (including phenoxy) is 1. The Bertz CT molecular complexity index is 413. The van der Waals surface area contributed by atoms with Crippen LogP contribution in [0.1, 0.15) is 10.4 Å². The van der Waals surface area contributed by atoms with Crippen LogP contribution in [0.5, 0.6) is 5.75 Å². The number of nitrogens with one attached hydrogen (secondary N) is 1. The lowest BCUT2D eigenvalue weighted by molar-refractivity contribution is 0.108. The topological polar surface area (TPSA) is 38.3 Å². The van der Waals surface area contributed by atoms with Gasteiger partial charge in [0.25, 0.3) is 0 Å². The first kappa shape index (κ1) is 14.6. The standard InChI is InChI=1S/C11H13Cl2NO2S/c1-14-5-6-17-11(15)9-7(12)3-4-8(13)10(9)16-2/h3-4,14H,5-6H2,1-2H3. The van der Waals surface area contributed by atoms with Crippen molar-refractivity contribution in [3.63, 3.8) is 0 Å². The van der Waals surface area contributed by atoms with Crippen LogP contribution in [0.25, 0.3) is 0 Å². The van der Waals surface area contributed by atoms with Crippen LogP contribution in [0.15, 0.2) is 12.1 Å². The number of methoxy groups -OCH3 is 1. The molecule has 0 radical (unpaired) electrons. The van der Waals surface area contributed by atoms with Crippen LogP contribution >= 0.6 is 35.0 Å². The molecule has 94 valence electrons. The summed E-state index contributed by atoms with van der Waals surface area (Å²) in [6, 6.07) is 3.20. The monoisotopic (exact) mass is 293 g/mol. The highest BCUT2D eigenvalue weighted by molar-refractivity contribution is 8.14. The molecule has 0 saturated heterocycles. The number of halogens is 2. The summed E-state index contributed by atoms with van der Waals surface area (Å²) >= 11 is 13.1. The Hall–Kier alpha value is -0.420. The van der Waals surface area contributed by atoms with Crippen molar-refractivity contribution in [1.29, 1.82) is 0 Å². The van der Waals surface area contributed by atoms with E-state index < -0.39 is 0 Å². The molecule has 0 bridgehead atoms. The first-order valence-electron chi connectivity index (χ1n) is 4.95. The van der Waals surface area contributed by atoms with Crippen LogP contribution in [-0.4, -0.2) is 31.6 Å². The third-order valence-electron chi connectivity index (χ3n) is 2.05. The maximum atomic E-state index is 12.0. The highest BCUT2D eigenvalue weighted by Gasteiger charge is 2.19. The van der Waals surface area contributed by atoms with E-state index in [9.17, 15) is 4.79 Å². The van der Waals surface area contributed by atoms with E-state index >= 15 is 0 Å². The van der Waals surface area contributed by atoms with Gasteiger partial charge in [-0.2, -0.15) is 0 Å². The molecule has 1 aromatic carbocycles. The smallest absolute Gasteiger partial charge is 0.224 e. The second kappa shape index (κ2) is 7.11. The zero-order chi connectivity index (χ0) is 12.8. The van der Waals surface area contributed by atoms with Crippen molar-refractivity contribution in [2.24, 2.45) is 0 Å². The van der Waals surface area contributed by atoms with E-state index in [1.807, 2.05) is 7.05 Å². The lowest BCUT2D eigenvalue weighted by Crippen LogP contribution is -2.11. The molecule has 0 atom stereocenters. The molecule has 0 aliphatic carbocycles. The van der Waals surface area contributed by atoms with Gasteiger partial charge in [-0.1, -0.05) is 35.0 Å². The number of hydrogen-bond donors (Lipinski definition) is 1. The molecule has 0 unspecified atom stereocenters. The summed E-state index contributed by atoms with van der Waals surface area (Å²) in [4.78, 5) is 12.0. The Morgan fingerprint density at radius 3 is 2.65 bits per heavy atom. The van der Waals surface area contributed by atoms with Gasteiger partial charge in [-0.25, -0.2) is 0 Å². The summed E-state index contributed by atoms with van der Waals surface area (Å²) in [5.74, 6) is 1.00. The van der Waals surface area contributed by atoms with Gasteiger partial charge in [-0.3, -0.25) is 4.79 Å². The summed E-state index contributed by atoms with van der Waals surface area (Å²) in [6.07, 6.45) is 0. The summed E-state index contributed by atoms with van der Waals surface area (Å²) in [6.45, 7) is 0.747. The highest BCUT2D eigenvalue weighted by Crippen LogP contribution is 2.36. The quantitative estimate of drug-likeness (QED) is 0.847. The largest absolute Gasteiger partial charge is 0.494 e. The fourth-order valence-corrected chi connectivity index (χ4v) is 2.60. The van der Waals surface area contributed by atoms with Crippen molar-refractivity contribution in [3.05, 3.63) is 27.7 Å². The minimum atomic E-state index is -0.135. The van der Waals surface area contributed by atoms with E-state index in [1.165, 1.54) is 18.9 Å². The predicted octanol–water partition coefficient (Wildman–Crippen LogP) is 3.09. The molecule has 0 heterocycles. The predicted molar refractivity (Wildman–Crippen MR) is 73.7 cm³/mol. The Kier molecular flexibility index (Phi) is 6.12. The van der Waals surface area contributed by atoms with E-state index in [-0.39, 0.29) is 5.12 Å². The average molecular weight is 294 g/mol. The van der Waals surface area contributed by atoms with Crippen LogP contribution in [0.3, 0.4) is 0 Å². The summed E-state index contributed by atoms with van der Waals surface area (Å²) in [7, 11) is 3.30. The summed E-state index contributed by atoms with van der Waals surface area (Å²) in [5.41, 5.74) is 0.336. The average Bonchev–Trinajstić information content (AvgIpc) is 2.31. The molecule has 1 N–H and O–H groups in total. The summed E-state index contributed by atoms with van der Waals surface area (Å²) < 4.78 is 5.12. The molecular weight excluding hydrogens is 281 g/mol. The van der Waals surface area contributed by atoms with Crippen molar-refractivity contribution in [3.8, 4) is 5.75 Å². The molecule has 0 saturated carbocycles. The maximum absolute atomic E-state index is 12.0. The van der Waals surface area contributed by atoms with Crippen molar-refractivity contribution < 1.29 is 9.53 Å². The van der Waals surface area contributed by atoms with Gasteiger partial charge in [0.05, 0.1) is 22.7 Å². The lowest BCUT2D eigenvalue weighted by atomic mass is 10.2. The van der Waals surface area contributed by atoms with Gasteiger partial charge in [0.1, 0.15) is 0 Å². The van der Waals surface area contributed by atoms with E-state index in [2.05, 4.69) is 5.32 Å². The van der Waals surface area contributed by atoms with E-state index in [0.717, 1.165) is 6.54 Å². The van der Waals surface area contributed by atoms with E-state index in [0.29, 0.717) is 27.1 Å². The minimum Gasteiger partial charge on any atom is -0.494 e. The zero-order valence-corrected chi connectivity index (χ0v) is 11.9. The number of thioether (sulfide) groups is 1. The summed E-state index contributed by atoms with van der Waals surface area (Å²) in [5, 5.41) is 3.57. The maximum Gasteiger partial charge on any atom is 0.224 e. The molecule has 0 aromatic heterocycles. The number of carbonyl (C=O) groups excluding carboxylic acids is 1. The number of benzene rings is 1. The first-order valence-corrected chi connectivity index (χ1v) is 6.69. The second-order valence-electron chi connectivity index (χ2n) is 3.18. The highest BCUT2D eigenvalue weighted by atomic mass is 35.5. The van der Waals surface area contributed by atoms with Crippen LogP contribution in [0, 0.1) is 0 Å². The van der Waals surface area contributed by atoms with Crippen LogP contribution in [-0.2, 0) is 0 Å². The van der Waals surface area contributed by atoms with Gasteiger partial charge in [-0.15, -0.1) is 0 Å². The van der Waals surface area contributed by atoms with Gasteiger partial charge in [0, 0.05) is 12.3 Å². The van der Waals surface area contributed by atoms with Crippen molar-refractivity contribution >= 4 is 40.1 Å². The molecule has 17 heavy (non-hydrogen) atoms. The van der Waals surface area contributed by atoms with Crippen molar-refractivity contribution in [2.45, 2.75) is 0 Å². The van der Waals surface area contributed by atoms with Crippen molar-refractivity contribution in [2.75, 3.05) is 26.5 Å². The molecular formula is C11H13Cl2NO2S. The van der Waals surface area contributed by atoms with E-state index in [4.69, 9.17) is 27.9 Å². The molecule has 6 heteroatoms.